The number of rotatable bonds is 5. The molecular weight excluding hydrogens is 252 g/mol. The highest BCUT2D eigenvalue weighted by atomic mass is 16.5. The standard InChI is InChI=1S/C16H24N2O2/c1-12-4-3-5-14(18-12)11-17-16(19)10-13-6-8-15(20-2)9-7-13/h6-9,12,14,18H,3-5,10-11H2,1-2H3,(H,17,19). The first-order valence-corrected chi connectivity index (χ1v) is 7.33. The Hall–Kier alpha value is -1.55. The summed E-state index contributed by atoms with van der Waals surface area (Å²) in [6, 6.07) is 8.60. The van der Waals surface area contributed by atoms with Crippen molar-refractivity contribution in [1.82, 2.24) is 10.6 Å². The second-order valence-electron chi connectivity index (χ2n) is 5.52. The number of carbonyl (C=O) groups excluding carboxylic acids is 1. The molecule has 1 aliphatic heterocycles. The van der Waals surface area contributed by atoms with Crippen molar-refractivity contribution in [2.45, 2.75) is 44.7 Å². The number of benzene rings is 1. The Morgan fingerprint density at radius 3 is 2.75 bits per heavy atom. The van der Waals surface area contributed by atoms with Crippen molar-refractivity contribution >= 4 is 5.91 Å². The molecule has 1 saturated heterocycles. The molecule has 2 rings (SSSR count). The van der Waals surface area contributed by atoms with E-state index in [1.165, 1.54) is 12.8 Å². The molecule has 110 valence electrons. The minimum absolute atomic E-state index is 0.0789. The van der Waals surface area contributed by atoms with Crippen LogP contribution in [-0.2, 0) is 11.2 Å². The summed E-state index contributed by atoms with van der Waals surface area (Å²) in [7, 11) is 1.64. The largest absolute Gasteiger partial charge is 0.497 e. The lowest BCUT2D eigenvalue weighted by Gasteiger charge is -2.28. The summed E-state index contributed by atoms with van der Waals surface area (Å²) in [5, 5.41) is 6.54. The fourth-order valence-corrected chi connectivity index (χ4v) is 2.63. The topological polar surface area (TPSA) is 50.4 Å². The number of methoxy groups -OCH3 is 1. The molecule has 1 aliphatic rings. The Morgan fingerprint density at radius 1 is 1.35 bits per heavy atom. The summed E-state index contributed by atoms with van der Waals surface area (Å²) >= 11 is 0. The normalized spacial score (nSPS) is 22.3. The first-order valence-electron chi connectivity index (χ1n) is 7.33. The molecule has 2 atom stereocenters. The van der Waals surface area contributed by atoms with E-state index in [9.17, 15) is 4.79 Å². The van der Waals surface area contributed by atoms with Crippen LogP contribution in [0.1, 0.15) is 31.7 Å². The second kappa shape index (κ2) is 7.29. The van der Waals surface area contributed by atoms with E-state index in [2.05, 4.69) is 17.6 Å². The molecule has 20 heavy (non-hydrogen) atoms. The van der Waals surface area contributed by atoms with Gasteiger partial charge in [-0.3, -0.25) is 4.79 Å². The van der Waals surface area contributed by atoms with Gasteiger partial charge < -0.3 is 15.4 Å². The van der Waals surface area contributed by atoms with Crippen LogP contribution in [0.15, 0.2) is 24.3 Å². The predicted octanol–water partition coefficient (Wildman–Crippen LogP) is 1.88. The maximum Gasteiger partial charge on any atom is 0.224 e. The second-order valence-corrected chi connectivity index (χ2v) is 5.52. The van der Waals surface area contributed by atoms with Crippen molar-refractivity contribution in [3.8, 4) is 5.75 Å². The molecule has 1 heterocycles. The zero-order valence-corrected chi connectivity index (χ0v) is 12.3. The summed E-state index contributed by atoms with van der Waals surface area (Å²) in [6.07, 6.45) is 4.04. The Kier molecular flexibility index (Phi) is 5.41. The molecule has 2 N–H and O–H groups in total. The van der Waals surface area contributed by atoms with Gasteiger partial charge in [-0.1, -0.05) is 18.6 Å². The van der Waals surface area contributed by atoms with Gasteiger partial charge in [-0.05, 0) is 37.5 Å². The van der Waals surface area contributed by atoms with E-state index in [0.29, 0.717) is 18.5 Å². The van der Waals surface area contributed by atoms with Gasteiger partial charge in [-0.2, -0.15) is 0 Å². The van der Waals surface area contributed by atoms with Gasteiger partial charge >= 0.3 is 0 Å². The quantitative estimate of drug-likeness (QED) is 0.863. The Balaban J connectivity index is 1.74. The van der Waals surface area contributed by atoms with E-state index >= 15 is 0 Å². The maximum atomic E-state index is 11.9. The molecule has 0 radical (unpaired) electrons. The maximum absolute atomic E-state index is 11.9. The van der Waals surface area contributed by atoms with Crippen LogP contribution < -0.4 is 15.4 Å². The molecule has 0 saturated carbocycles. The number of amides is 1. The Labute approximate surface area is 120 Å². The van der Waals surface area contributed by atoms with E-state index in [4.69, 9.17) is 4.74 Å². The van der Waals surface area contributed by atoms with Crippen LogP contribution in [0.25, 0.3) is 0 Å². The molecule has 2 unspecified atom stereocenters. The fourth-order valence-electron chi connectivity index (χ4n) is 2.63. The third-order valence-corrected chi connectivity index (χ3v) is 3.78. The van der Waals surface area contributed by atoms with Gasteiger partial charge in [0.15, 0.2) is 0 Å². The molecule has 1 fully saturated rings. The van der Waals surface area contributed by atoms with Crippen LogP contribution >= 0.6 is 0 Å². The van der Waals surface area contributed by atoms with Crippen LogP contribution in [0, 0.1) is 0 Å². The van der Waals surface area contributed by atoms with Crippen molar-refractivity contribution in [1.29, 1.82) is 0 Å². The van der Waals surface area contributed by atoms with E-state index in [1.54, 1.807) is 7.11 Å². The third kappa shape index (κ3) is 4.53. The van der Waals surface area contributed by atoms with Gasteiger partial charge in [-0.25, -0.2) is 0 Å². The number of carbonyl (C=O) groups is 1. The molecule has 4 heteroatoms. The number of hydrogen-bond acceptors (Lipinski definition) is 3. The minimum Gasteiger partial charge on any atom is -0.497 e. The minimum atomic E-state index is 0.0789. The van der Waals surface area contributed by atoms with Gasteiger partial charge in [0.1, 0.15) is 5.75 Å². The molecule has 1 aromatic carbocycles. The first-order chi connectivity index (χ1) is 9.67. The molecule has 0 aromatic heterocycles. The zero-order chi connectivity index (χ0) is 14.4. The number of ether oxygens (including phenoxy) is 1. The molecular formula is C16H24N2O2. The van der Waals surface area contributed by atoms with E-state index in [0.717, 1.165) is 24.3 Å². The molecule has 0 bridgehead atoms. The fraction of sp³-hybridized carbons (Fsp3) is 0.562. The van der Waals surface area contributed by atoms with Crippen molar-refractivity contribution in [2.75, 3.05) is 13.7 Å². The highest BCUT2D eigenvalue weighted by Gasteiger charge is 2.17. The monoisotopic (exact) mass is 276 g/mol. The van der Waals surface area contributed by atoms with Crippen molar-refractivity contribution in [3.63, 3.8) is 0 Å². The van der Waals surface area contributed by atoms with Gasteiger partial charge in [0, 0.05) is 18.6 Å². The first kappa shape index (κ1) is 14.9. The molecule has 1 aromatic rings. The Morgan fingerprint density at radius 2 is 2.10 bits per heavy atom. The summed E-state index contributed by atoms with van der Waals surface area (Å²) in [5.74, 6) is 0.893. The van der Waals surface area contributed by atoms with Crippen LogP contribution in [0.3, 0.4) is 0 Å². The van der Waals surface area contributed by atoms with Gasteiger partial charge in [0.2, 0.25) is 5.91 Å². The lowest BCUT2D eigenvalue weighted by atomic mass is 9.99. The summed E-state index contributed by atoms with van der Waals surface area (Å²) < 4.78 is 5.10. The van der Waals surface area contributed by atoms with Crippen LogP contribution in [0.4, 0.5) is 0 Å². The molecule has 0 spiro atoms. The Bertz CT molecular complexity index is 431. The molecule has 0 aliphatic carbocycles. The van der Waals surface area contributed by atoms with E-state index in [-0.39, 0.29) is 5.91 Å². The van der Waals surface area contributed by atoms with Gasteiger partial charge in [0.25, 0.3) is 0 Å². The smallest absolute Gasteiger partial charge is 0.224 e. The summed E-state index contributed by atoms with van der Waals surface area (Å²) in [6.45, 7) is 2.92. The SMILES string of the molecule is COc1ccc(CC(=O)NCC2CCCC(C)N2)cc1. The lowest BCUT2D eigenvalue weighted by Crippen LogP contribution is -2.47. The number of nitrogens with one attached hydrogen (secondary N) is 2. The van der Waals surface area contributed by atoms with Gasteiger partial charge in [0.05, 0.1) is 13.5 Å². The number of hydrogen-bond donors (Lipinski definition) is 2. The van der Waals surface area contributed by atoms with Crippen molar-refractivity contribution < 1.29 is 9.53 Å². The van der Waals surface area contributed by atoms with Crippen LogP contribution in [0.2, 0.25) is 0 Å². The lowest BCUT2D eigenvalue weighted by molar-refractivity contribution is -0.120. The van der Waals surface area contributed by atoms with Crippen LogP contribution in [-0.4, -0.2) is 31.6 Å². The van der Waals surface area contributed by atoms with Crippen molar-refractivity contribution in [2.24, 2.45) is 0 Å². The number of piperidine rings is 1. The average Bonchev–Trinajstić information content (AvgIpc) is 2.46. The highest BCUT2D eigenvalue weighted by Crippen LogP contribution is 2.13. The average molecular weight is 276 g/mol. The van der Waals surface area contributed by atoms with Gasteiger partial charge in [-0.15, -0.1) is 0 Å². The molecule has 4 nitrogen and oxygen atoms in total. The third-order valence-electron chi connectivity index (χ3n) is 3.78. The molecule has 1 amide bonds. The van der Waals surface area contributed by atoms with Crippen LogP contribution in [0.5, 0.6) is 5.75 Å². The van der Waals surface area contributed by atoms with E-state index in [1.807, 2.05) is 24.3 Å². The highest BCUT2D eigenvalue weighted by molar-refractivity contribution is 5.78. The van der Waals surface area contributed by atoms with Crippen molar-refractivity contribution in [3.05, 3.63) is 29.8 Å². The summed E-state index contributed by atoms with van der Waals surface area (Å²) in [4.78, 5) is 11.9. The summed E-state index contributed by atoms with van der Waals surface area (Å²) in [5.41, 5.74) is 1.01. The zero-order valence-electron chi connectivity index (χ0n) is 12.3. The van der Waals surface area contributed by atoms with E-state index < -0.39 is 0 Å². The predicted molar refractivity (Wildman–Crippen MR) is 79.9 cm³/mol.